The number of rotatable bonds is 3. The van der Waals surface area contributed by atoms with Gasteiger partial charge in [0.05, 0.1) is 5.56 Å². The number of aldehydes is 1. The van der Waals surface area contributed by atoms with Crippen LogP contribution in [0.15, 0.2) is 22.8 Å². The third kappa shape index (κ3) is 2.28. The van der Waals surface area contributed by atoms with Gasteiger partial charge < -0.3 is 0 Å². The standard InChI is InChI=1S/C10H5BrClF2N3O/c11-5-1-2-7(15-3-5)17-9(12)6(4-18)8(16-17)10(13)14/h1-4,10H. The first kappa shape index (κ1) is 13.1. The van der Waals surface area contributed by atoms with E-state index >= 15 is 0 Å². The molecule has 0 aromatic carbocycles. The van der Waals surface area contributed by atoms with Crippen LogP contribution in [-0.2, 0) is 0 Å². The minimum absolute atomic E-state index is 0.185. The normalized spacial score (nSPS) is 10.9. The van der Waals surface area contributed by atoms with Gasteiger partial charge >= 0.3 is 0 Å². The van der Waals surface area contributed by atoms with Crippen LogP contribution in [0.3, 0.4) is 0 Å². The number of nitrogens with zero attached hydrogens (tertiary/aromatic N) is 3. The van der Waals surface area contributed by atoms with Gasteiger partial charge in [0.15, 0.2) is 12.1 Å². The van der Waals surface area contributed by atoms with E-state index in [1.54, 1.807) is 6.07 Å². The zero-order chi connectivity index (χ0) is 13.3. The summed E-state index contributed by atoms with van der Waals surface area (Å²) in [7, 11) is 0. The summed E-state index contributed by atoms with van der Waals surface area (Å²) in [6.07, 6.45) is -1.15. The molecule has 94 valence electrons. The van der Waals surface area contributed by atoms with Crippen LogP contribution in [0.5, 0.6) is 0 Å². The molecule has 0 unspecified atom stereocenters. The van der Waals surface area contributed by atoms with Gasteiger partial charge in [-0.2, -0.15) is 5.10 Å². The van der Waals surface area contributed by atoms with Crippen LogP contribution in [0.4, 0.5) is 8.78 Å². The SMILES string of the molecule is O=Cc1c(C(F)F)nn(-c2ccc(Br)cn2)c1Cl. The Kier molecular flexibility index (Phi) is 3.72. The summed E-state index contributed by atoms with van der Waals surface area (Å²) < 4.78 is 27.1. The van der Waals surface area contributed by atoms with Crippen LogP contribution in [0.25, 0.3) is 5.82 Å². The highest BCUT2D eigenvalue weighted by atomic mass is 79.9. The first-order chi connectivity index (χ1) is 8.54. The molecule has 2 heterocycles. The average Bonchev–Trinajstić information content (AvgIpc) is 2.67. The predicted octanol–water partition coefficient (Wildman–Crippen LogP) is 3.43. The maximum Gasteiger partial charge on any atom is 0.282 e. The summed E-state index contributed by atoms with van der Waals surface area (Å²) >= 11 is 9.02. The van der Waals surface area contributed by atoms with E-state index in [-0.39, 0.29) is 22.8 Å². The van der Waals surface area contributed by atoms with E-state index < -0.39 is 12.1 Å². The number of carbonyl (C=O) groups is 1. The molecule has 18 heavy (non-hydrogen) atoms. The van der Waals surface area contributed by atoms with Crippen LogP contribution in [0.1, 0.15) is 22.5 Å². The molecule has 0 aliphatic heterocycles. The van der Waals surface area contributed by atoms with Gasteiger partial charge in [-0.05, 0) is 28.1 Å². The number of pyridine rings is 1. The number of carbonyl (C=O) groups excluding carboxylic acids is 1. The van der Waals surface area contributed by atoms with E-state index in [9.17, 15) is 13.6 Å². The fourth-order valence-electron chi connectivity index (χ4n) is 1.34. The molecule has 0 amide bonds. The predicted molar refractivity (Wildman–Crippen MR) is 64.4 cm³/mol. The fraction of sp³-hybridized carbons (Fsp3) is 0.100. The van der Waals surface area contributed by atoms with Gasteiger partial charge in [0.2, 0.25) is 0 Å². The van der Waals surface area contributed by atoms with Crippen LogP contribution < -0.4 is 0 Å². The van der Waals surface area contributed by atoms with E-state index in [1.165, 1.54) is 12.3 Å². The second-order valence-corrected chi connectivity index (χ2v) is 4.53. The van der Waals surface area contributed by atoms with E-state index in [0.29, 0.717) is 0 Å². The molecule has 0 atom stereocenters. The molecule has 0 N–H and O–H groups in total. The lowest BCUT2D eigenvalue weighted by atomic mass is 10.3. The smallest absolute Gasteiger partial charge is 0.282 e. The Hall–Kier alpha value is -1.34. The Labute approximate surface area is 114 Å². The van der Waals surface area contributed by atoms with Crippen LogP contribution in [0, 0.1) is 0 Å². The van der Waals surface area contributed by atoms with Gasteiger partial charge in [-0.25, -0.2) is 18.4 Å². The Morgan fingerprint density at radius 3 is 2.61 bits per heavy atom. The van der Waals surface area contributed by atoms with Crippen molar-refractivity contribution in [2.24, 2.45) is 0 Å². The summed E-state index contributed by atoms with van der Waals surface area (Å²) in [5, 5.41) is 3.42. The van der Waals surface area contributed by atoms with Gasteiger partial charge in [0, 0.05) is 10.7 Å². The molecule has 0 fully saturated rings. The Morgan fingerprint density at radius 1 is 1.44 bits per heavy atom. The molecular weight excluding hydrogens is 331 g/mol. The lowest BCUT2D eigenvalue weighted by Gasteiger charge is -2.01. The fourth-order valence-corrected chi connectivity index (χ4v) is 1.84. The maximum atomic E-state index is 12.7. The molecule has 0 spiro atoms. The molecule has 2 aromatic heterocycles. The average molecular weight is 337 g/mol. The van der Waals surface area contributed by atoms with E-state index in [4.69, 9.17) is 11.6 Å². The number of alkyl halides is 2. The van der Waals surface area contributed by atoms with Gasteiger partial charge in [-0.1, -0.05) is 11.6 Å². The zero-order valence-corrected chi connectivity index (χ0v) is 11.0. The second kappa shape index (κ2) is 5.11. The van der Waals surface area contributed by atoms with Crippen molar-refractivity contribution in [1.29, 1.82) is 0 Å². The van der Waals surface area contributed by atoms with Crippen LogP contribution in [-0.4, -0.2) is 21.1 Å². The van der Waals surface area contributed by atoms with Crippen molar-refractivity contribution in [2.75, 3.05) is 0 Å². The van der Waals surface area contributed by atoms with Crippen molar-refractivity contribution in [3.63, 3.8) is 0 Å². The molecule has 0 radical (unpaired) electrons. The molecule has 8 heteroatoms. The minimum Gasteiger partial charge on any atom is -0.298 e. The molecule has 0 bridgehead atoms. The van der Waals surface area contributed by atoms with Crippen LogP contribution in [0.2, 0.25) is 5.15 Å². The summed E-state index contributed by atoms with van der Waals surface area (Å²) in [4.78, 5) is 14.7. The summed E-state index contributed by atoms with van der Waals surface area (Å²) in [5.74, 6) is 0.248. The molecule has 2 rings (SSSR count). The monoisotopic (exact) mass is 335 g/mol. The van der Waals surface area contributed by atoms with E-state index in [1.807, 2.05) is 0 Å². The van der Waals surface area contributed by atoms with Crippen molar-refractivity contribution in [3.8, 4) is 5.82 Å². The third-order valence-corrected chi connectivity index (χ3v) is 2.98. The lowest BCUT2D eigenvalue weighted by molar-refractivity contribution is 0.110. The summed E-state index contributed by atoms with van der Waals surface area (Å²) in [6, 6.07) is 3.19. The maximum absolute atomic E-state index is 12.7. The van der Waals surface area contributed by atoms with Gasteiger partial charge in [0.25, 0.3) is 6.43 Å². The van der Waals surface area contributed by atoms with Gasteiger partial charge in [0.1, 0.15) is 10.8 Å². The first-order valence-electron chi connectivity index (χ1n) is 4.68. The minimum atomic E-state index is -2.88. The van der Waals surface area contributed by atoms with Gasteiger partial charge in [-0.15, -0.1) is 0 Å². The summed E-state index contributed by atoms with van der Waals surface area (Å²) in [6.45, 7) is 0. The number of halogens is 4. The molecular formula is C10H5BrClF2N3O. The second-order valence-electron chi connectivity index (χ2n) is 3.25. The number of hydrogen-bond donors (Lipinski definition) is 0. The molecule has 0 aliphatic rings. The number of hydrogen-bond acceptors (Lipinski definition) is 3. The Morgan fingerprint density at radius 2 is 2.17 bits per heavy atom. The zero-order valence-electron chi connectivity index (χ0n) is 8.65. The van der Waals surface area contributed by atoms with Crippen molar-refractivity contribution in [2.45, 2.75) is 6.43 Å². The quantitative estimate of drug-likeness (QED) is 0.807. The van der Waals surface area contributed by atoms with Crippen LogP contribution >= 0.6 is 27.5 Å². The lowest BCUT2D eigenvalue weighted by Crippen LogP contribution is -2.00. The molecule has 2 aromatic rings. The highest BCUT2D eigenvalue weighted by Crippen LogP contribution is 2.28. The highest BCUT2D eigenvalue weighted by molar-refractivity contribution is 9.10. The van der Waals surface area contributed by atoms with Gasteiger partial charge in [-0.3, -0.25) is 4.79 Å². The molecule has 0 aliphatic carbocycles. The van der Waals surface area contributed by atoms with Crippen molar-refractivity contribution < 1.29 is 13.6 Å². The Bertz CT molecular complexity index is 586. The van der Waals surface area contributed by atoms with E-state index in [2.05, 4.69) is 26.0 Å². The highest BCUT2D eigenvalue weighted by Gasteiger charge is 2.23. The molecule has 4 nitrogen and oxygen atoms in total. The molecule has 0 saturated heterocycles. The third-order valence-electron chi connectivity index (χ3n) is 2.15. The number of aromatic nitrogens is 3. The van der Waals surface area contributed by atoms with Crippen molar-refractivity contribution in [1.82, 2.24) is 14.8 Å². The van der Waals surface area contributed by atoms with Crippen molar-refractivity contribution >= 4 is 33.8 Å². The van der Waals surface area contributed by atoms with E-state index in [0.717, 1.165) is 9.15 Å². The largest absolute Gasteiger partial charge is 0.298 e. The Balaban J connectivity index is 2.58. The summed E-state index contributed by atoms with van der Waals surface area (Å²) in [5.41, 5.74) is -0.976. The first-order valence-corrected chi connectivity index (χ1v) is 5.85. The topological polar surface area (TPSA) is 47.8 Å². The van der Waals surface area contributed by atoms with Crippen molar-refractivity contribution in [3.05, 3.63) is 39.2 Å². The molecule has 0 saturated carbocycles.